The predicted molar refractivity (Wildman–Crippen MR) is 105 cm³/mol. The van der Waals surface area contributed by atoms with Crippen molar-refractivity contribution in [1.29, 1.82) is 0 Å². The standard InChI is InChI=1S/C20H23FN2O4S/c1-14-9-11-23(12-10-14)28(25,26)15-7-8-19(27-2)16(13-15)20(24)22-18-6-4-3-5-17(18)21/h3-8,13-14H,9-12H2,1-2H3,(H,22,24). The summed E-state index contributed by atoms with van der Waals surface area (Å²) in [5.74, 6) is -0.531. The normalized spacial score (nSPS) is 16.0. The second kappa shape index (κ2) is 8.28. The SMILES string of the molecule is COc1ccc(S(=O)(=O)N2CCC(C)CC2)cc1C(=O)Nc1ccccc1F. The van der Waals surface area contributed by atoms with Crippen LogP contribution in [0.4, 0.5) is 10.1 Å². The van der Waals surface area contributed by atoms with Gasteiger partial charge in [-0.05, 0) is 49.1 Å². The molecule has 0 saturated carbocycles. The zero-order chi connectivity index (χ0) is 20.3. The molecule has 0 bridgehead atoms. The van der Waals surface area contributed by atoms with Crippen molar-refractivity contribution in [2.75, 3.05) is 25.5 Å². The first-order valence-electron chi connectivity index (χ1n) is 9.07. The van der Waals surface area contributed by atoms with E-state index in [1.54, 1.807) is 6.07 Å². The highest BCUT2D eigenvalue weighted by Gasteiger charge is 2.29. The van der Waals surface area contributed by atoms with E-state index >= 15 is 0 Å². The molecule has 0 aromatic heterocycles. The number of nitrogens with one attached hydrogen (secondary N) is 1. The maximum atomic E-state index is 13.8. The number of amides is 1. The van der Waals surface area contributed by atoms with Gasteiger partial charge < -0.3 is 10.1 Å². The monoisotopic (exact) mass is 406 g/mol. The molecule has 0 unspecified atom stereocenters. The third-order valence-corrected chi connectivity index (χ3v) is 6.81. The van der Waals surface area contributed by atoms with E-state index in [9.17, 15) is 17.6 Å². The number of piperidine rings is 1. The number of hydrogen-bond donors (Lipinski definition) is 1. The van der Waals surface area contributed by atoms with E-state index in [0.717, 1.165) is 12.8 Å². The molecule has 1 saturated heterocycles. The second-order valence-corrected chi connectivity index (χ2v) is 8.82. The molecule has 0 aliphatic carbocycles. The smallest absolute Gasteiger partial charge is 0.259 e. The molecule has 2 aromatic carbocycles. The summed E-state index contributed by atoms with van der Waals surface area (Å²) in [6.45, 7) is 3.00. The molecular formula is C20H23FN2O4S. The summed E-state index contributed by atoms with van der Waals surface area (Å²) in [6.07, 6.45) is 1.60. The summed E-state index contributed by atoms with van der Waals surface area (Å²) < 4.78 is 46.4. The molecule has 0 radical (unpaired) electrons. The van der Waals surface area contributed by atoms with Crippen molar-refractivity contribution in [3.05, 3.63) is 53.8 Å². The number of benzene rings is 2. The van der Waals surface area contributed by atoms with Crippen LogP contribution in [0.2, 0.25) is 0 Å². The van der Waals surface area contributed by atoms with Crippen LogP contribution >= 0.6 is 0 Å². The lowest BCUT2D eigenvalue weighted by molar-refractivity contribution is 0.102. The second-order valence-electron chi connectivity index (χ2n) is 6.88. The third-order valence-electron chi connectivity index (χ3n) is 4.92. The summed E-state index contributed by atoms with van der Waals surface area (Å²) in [5.41, 5.74) is 0.0324. The Hall–Kier alpha value is -2.45. The fraction of sp³-hybridized carbons (Fsp3) is 0.350. The van der Waals surface area contributed by atoms with Gasteiger partial charge in [0.05, 0.1) is 23.3 Å². The van der Waals surface area contributed by atoms with Gasteiger partial charge in [-0.15, -0.1) is 0 Å². The highest BCUT2D eigenvalue weighted by Crippen LogP contribution is 2.28. The Bertz CT molecular complexity index is 970. The van der Waals surface area contributed by atoms with Crippen LogP contribution in [0, 0.1) is 11.7 Å². The molecule has 2 aromatic rings. The third kappa shape index (κ3) is 4.18. The Kier molecular flexibility index (Phi) is 6.00. The first-order chi connectivity index (χ1) is 13.3. The predicted octanol–water partition coefficient (Wildman–Crippen LogP) is 3.51. The molecule has 0 spiro atoms. The topological polar surface area (TPSA) is 75.7 Å². The number of nitrogens with zero attached hydrogens (tertiary/aromatic N) is 1. The Morgan fingerprint density at radius 3 is 2.50 bits per heavy atom. The number of ether oxygens (including phenoxy) is 1. The molecule has 3 rings (SSSR count). The number of rotatable bonds is 5. The number of carbonyl (C=O) groups is 1. The molecule has 1 aliphatic rings. The molecule has 28 heavy (non-hydrogen) atoms. The lowest BCUT2D eigenvalue weighted by atomic mass is 10.0. The zero-order valence-corrected chi connectivity index (χ0v) is 16.6. The van der Waals surface area contributed by atoms with Gasteiger partial charge >= 0.3 is 0 Å². The van der Waals surface area contributed by atoms with Crippen LogP contribution in [0.15, 0.2) is 47.4 Å². The minimum absolute atomic E-state index is 0.00725. The number of hydrogen-bond acceptors (Lipinski definition) is 4. The minimum atomic E-state index is -3.72. The van der Waals surface area contributed by atoms with E-state index in [0.29, 0.717) is 19.0 Å². The van der Waals surface area contributed by atoms with Crippen LogP contribution in [-0.2, 0) is 10.0 Å². The highest BCUT2D eigenvalue weighted by molar-refractivity contribution is 7.89. The van der Waals surface area contributed by atoms with Crippen molar-refractivity contribution in [3.8, 4) is 5.75 Å². The Morgan fingerprint density at radius 1 is 1.18 bits per heavy atom. The van der Waals surface area contributed by atoms with Crippen molar-refractivity contribution in [2.45, 2.75) is 24.7 Å². The molecule has 1 N–H and O–H groups in total. The van der Waals surface area contributed by atoms with Crippen molar-refractivity contribution in [2.24, 2.45) is 5.92 Å². The van der Waals surface area contributed by atoms with Gasteiger partial charge in [-0.25, -0.2) is 12.8 Å². The van der Waals surface area contributed by atoms with Gasteiger partial charge in [0.1, 0.15) is 11.6 Å². The van der Waals surface area contributed by atoms with Gasteiger partial charge in [0.2, 0.25) is 10.0 Å². The highest BCUT2D eigenvalue weighted by atomic mass is 32.2. The van der Waals surface area contributed by atoms with Gasteiger partial charge in [0, 0.05) is 13.1 Å². The molecule has 1 amide bonds. The Morgan fingerprint density at radius 2 is 1.86 bits per heavy atom. The van der Waals surface area contributed by atoms with Crippen molar-refractivity contribution in [1.82, 2.24) is 4.31 Å². The Balaban J connectivity index is 1.91. The van der Waals surface area contributed by atoms with E-state index < -0.39 is 21.7 Å². The van der Waals surface area contributed by atoms with Crippen LogP contribution in [0.1, 0.15) is 30.1 Å². The van der Waals surface area contributed by atoms with E-state index in [4.69, 9.17) is 4.74 Å². The van der Waals surface area contributed by atoms with E-state index in [1.807, 2.05) is 0 Å². The maximum Gasteiger partial charge on any atom is 0.259 e. The molecule has 150 valence electrons. The first kappa shape index (κ1) is 20.3. The summed E-state index contributed by atoms with van der Waals surface area (Å²) in [5, 5.41) is 2.46. The minimum Gasteiger partial charge on any atom is -0.496 e. The van der Waals surface area contributed by atoms with Crippen LogP contribution < -0.4 is 10.1 Å². The number of sulfonamides is 1. The summed E-state index contributed by atoms with van der Waals surface area (Å²) in [7, 11) is -2.34. The first-order valence-corrected chi connectivity index (χ1v) is 10.5. The van der Waals surface area contributed by atoms with E-state index in [-0.39, 0.29) is 21.9 Å². The lowest BCUT2D eigenvalue weighted by Crippen LogP contribution is -2.37. The number of anilines is 1. The average Bonchev–Trinajstić information content (AvgIpc) is 2.69. The zero-order valence-electron chi connectivity index (χ0n) is 15.8. The van der Waals surface area contributed by atoms with E-state index in [2.05, 4.69) is 12.2 Å². The average molecular weight is 406 g/mol. The van der Waals surface area contributed by atoms with Gasteiger partial charge in [-0.2, -0.15) is 4.31 Å². The van der Waals surface area contributed by atoms with Gasteiger partial charge in [-0.1, -0.05) is 19.1 Å². The van der Waals surface area contributed by atoms with Gasteiger partial charge in [0.25, 0.3) is 5.91 Å². The van der Waals surface area contributed by atoms with Crippen LogP contribution in [0.5, 0.6) is 5.75 Å². The van der Waals surface area contributed by atoms with Gasteiger partial charge in [0.15, 0.2) is 0 Å². The molecule has 1 aliphatic heterocycles. The number of para-hydroxylation sites is 1. The van der Waals surface area contributed by atoms with Crippen LogP contribution in [0.3, 0.4) is 0 Å². The van der Waals surface area contributed by atoms with Crippen molar-refractivity contribution >= 4 is 21.6 Å². The van der Waals surface area contributed by atoms with E-state index in [1.165, 1.54) is 47.8 Å². The quantitative estimate of drug-likeness (QED) is 0.825. The molecule has 6 nitrogen and oxygen atoms in total. The Labute approximate surface area is 164 Å². The summed E-state index contributed by atoms with van der Waals surface area (Å²) in [4.78, 5) is 12.7. The molecule has 1 heterocycles. The number of carbonyl (C=O) groups excluding carboxylic acids is 1. The summed E-state index contributed by atoms with van der Waals surface area (Å²) >= 11 is 0. The summed E-state index contributed by atoms with van der Waals surface area (Å²) in [6, 6.07) is 9.90. The van der Waals surface area contributed by atoms with Crippen molar-refractivity contribution < 1.29 is 22.3 Å². The molecule has 1 fully saturated rings. The van der Waals surface area contributed by atoms with Crippen LogP contribution in [-0.4, -0.2) is 38.8 Å². The van der Waals surface area contributed by atoms with Crippen molar-refractivity contribution in [3.63, 3.8) is 0 Å². The number of halogens is 1. The molecule has 0 atom stereocenters. The fourth-order valence-electron chi connectivity index (χ4n) is 3.15. The molecule has 8 heteroatoms. The largest absolute Gasteiger partial charge is 0.496 e. The van der Waals surface area contributed by atoms with Gasteiger partial charge in [-0.3, -0.25) is 4.79 Å². The lowest BCUT2D eigenvalue weighted by Gasteiger charge is -2.29. The maximum absolute atomic E-state index is 13.8. The molecular weight excluding hydrogens is 383 g/mol. The number of methoxy groups -OCH3 is 1. The fourth-order valence-corrected chi connectivity index (χ4v) is 4.65. The van der Waals surface area contributed by atoms with Crippen LogP contribution in [0.25, 0.3) is 0 Å².